The van der Waals surface area contributed by atoms with Crippen LogP contribution in [0.4, 0.5) is 5.69 Å². The summed E-state index contributed by atoms with van der Waals surface area (Å²) in [6, 6.07) is 10.1. The van der Waals surface area contributed by atoms with E-state index >= 15 is 0 Å². The van der Waals surface area contributed by atoms with E-state index in [1.54, 1.807) is 16.4 Å². The molecule has 1 fully saturated rings. The van der Waals surface area contributed by atoms with Gasteiger partial charge in [0.2, 0.25) is 10.0 Å². The fourth-order valence-corrected chi connectivity index (χ4v) is 5.72. The molecule has 2 aromatic carbocycles. The summed E-state index contributed by atoms with van der Waals surface area (Å²) in [4.78, 5) is 16.5. The van der Waals surface area contributed by atoms with Crippen LogP contribution in [0.5, 0.6) is 5.75 Å². The second-order valence-corrected chi connectivity index (χ2v) is 10.2. The Labute approximate surface area is 188 Å². The zero-order chi connectivity index (χ0) is 22.9. The van der Waals surface area contributed by atoms with Crippen molar-refractivity contribution in [3.63, 3.8) is 0 Å². The number of aromatic nitrogens is 1. The van der Waals surface area contributed by atoms with Gasteiger partial charge in [0.15, 0.2) is 0 Å². The van der Waals surface area contributed by atoms with Gasteiger partial charge in [0.05, 0.1) is 17.7 Å². The molecule has 1 aliphatic heterocycles. The Hall–Kier alpha value is -2.84. The van der Waals surface area contributed by atoms with E-state index in [1.165, 1.54) is 19.2 Å². The van der Waals surface area contributed by atoms with E-state index in [-0.39, 0.29) is 10.8 Å². The molecular formula is C24H29N3O4S. The van der Waals surface area contributed by atoms with Gasteiger partial charge >= 0.3 is 0 Å². The first kappa shape index (κ1) is 22.4. The van der Waals surface area contributed by atoms with E-state index in [2.05, 4.69) is 10.3 Å². The van der Waals surface area contributed by atoms with Gasteiger partial charge < -0.3 is 15.0 Å². The van der Waals surface area contributed by atoms with Crippen LogP contribution in [0, 0.1) is 13.8 Å². The van der Waals surface area contributed by atoms with Crippen LogP contribution < -0.4 is 10.1 Å². The highest BCUT2D eigenvalue weighted by Crippen LogP contribution is 2.31. The van der Waals surface area contributed by atoms with Crippen molar-refractivity contribution in [2.45, 2.75) is 44.4 Å². The number of hydrogen-bond acceptors (Lipinski definition) is 4. The summed E-state index contributed by atoms with van der Waals surface area (Å²) in [5.74, 6) is 0.0793. The van der Waals surface area contributed by atoms with Gasteiger partial charge in [0.1, 0.15) is 5.75 Å². The van der Waals surface area contributed by atoms with Crippen molar-refractivity contribution < 1.29 is 17.9 Å². The molecule has 0 bridgehead atoms. The van der Waals surface area contributed by atoms with Crippen LogP contribution in [-0.2, 0) is 10.0 Å². The van der Waals surface area contributed by atoms with E-state index in [4.69, 9.17) is 4.74 Å². The number of methoxy groups -OCH3 is 1. The van der Waals surface area contributed by atoms with Crippen molar-refractivity contribution >= 4 is 32.5 Å². The zero-order valence-corrected chi connectivity index (χ0v) is 19.5. The molecular weight excluding hydrogens is 426 g/mol. The summed E-state index contributed by atoms with van der Waals surface area (Å²) in [6.45, 7) is 5.04. The van der Waals surface area contributed by atoms with Gasteiger partial charge in [-0.25, -0.2) is 8.42 Å². The first-order valence-corrected chi connectivity index (χ1v) is 12.3. The lowest BCUT2D eigenvalue weighted by atomic mass is 10.1. The van der Waals surface area contributed by atoms with Crippen molar-refractivity contribution in [1.82, 2.24) is 9.29 Å². The quantitative estimate of drug-likeness (QED) is 0.588. The van der Waals surface area contributed by atoms with Gasteiger partial charge in [0, 0.05) is 35.2 Å². The molecule has 1 aromatic heterocycles. The van der Waals surface area contributed by atoms with Gasteiger partial charge in [-0.05, 0) is 68.7 Å². The Morgan fingerprint density at radius 2 is 1.75 bits per heavy atom. The van der Waals surface area contributed by atoms with E-state index in [9.17, 15) is 13.2 Å². The summed E-state index contributed by atoms with van der Waals surface area (Å²) in [5.41, 5.74) is 3.95. The highest BCUT2D eigenvalue weighted by molar-refractivity contribution is 7.89. The number of anilines is 1. The summed E-state index contributed by atoms with van der Waals surface area (Å²) in [7, 11) is -2.15. The third kappa shape index (κ3) is 4.25. The number of H-pyrrole nitrogens is 1. The minimum absolute atomic E-state index is 0.156. The van der Waals surface area contributed by atoms with Gasteiger partial charge in [-0.3, -0.25) is 4.79 Å². The van der Waals surface area contributed by atoms with Crippen molar-refractivity contribution in [3.05, 3.63) is 53.2 Å². The number of sulfonamides is 1. The number of carbonyl (C=O) groups excluding carboxylic acids is 1. The fourth-order valence-electron chi connectivity index (χ4n) is 4.17. The van der Waals surface area contributed by atoms with Crippen LogP contribution in [0.15, 0.2) is 41.3 Å². The molecule has 8 heteroatoms. The molecule has 0 unspecified atom stereocenters. The highest BCUT2D eigenvalue weighted by atomic mass is 32.2. The molecule has 32 heavy (non-hydrogen) atoms. The van der Waals surface area contributed by atoms with Crippen LogP contribution in [0.3, 0.4) is 0 Å². The molecule has 1 aliphatic rings. The van der Waals surface area contributed by atoms with Crippen molar-refractivity contribution in [2.24, 2.45) is 0 Å². The normalized spacial score (nSPS) is 15.5. The monoisotopic (exact) mass is 455 g/mol. The number of nitrogens with one attached hydrogen (secondary N) is 2. The molecule has 0 atom stereocenters. The zero-order valence-electron chi connectivity index (χ0n) is 18.7. The first-order valence-electron chi connectivity index (χ1n) is 10.9. The maximum Gasteiger partial charge on any atom is 0.255 e. The lowest BCUT2D eigenvalue weighted by Gasteiger charge is -2.21. The number of fused-ring (bicyclic) bond motifs is 1. The molecule has 2 heterocycles. The molecule has 1 amide bonds. The Balaban J connectivity index is 1.64. The average Bonchev–Trinajstić information content (AvgIpc) is 2.96. The van der Waals surface area contributed by atoms with Gasteiger partial charge in [-0.15, -0.1) is 0 Å². The number of aromatic amines is 1. The lowest BCUT2D eigenvalue weighted by Crippen LogP contribution is -2.32. The highest BCUT2D eigenvalue weighted by Gasteiger charge is 2.26. The minimum Gasteiger partial charge on any atom is -0.495 e. The maximum absolute atomic E-state index is 13.2. The molecule has 0 radical (unpaired) electrons. The van der Waals surface area contributed by atoms with Crippen LogP contribution in [0.1, 0.15) is 47.3 Å². The number of ether oxygens (including phenoxy) is 1. The summed E-state index contributed by atoms with van der Waals surface area (Å²) in [5, 5.41) is 3.83. The molecule has 3 aromatic rings. The third-order valence-electron chi connectivity index (χ3n) is 6.19. The maximum atomic E-state index is 13.2. The van der Waals surface area contributed by atoms with E-state index in [0.717, 1.165) is 47.8 Å². The molecule has 170 valence electrons. The van der Waals surface area contributed by atoms with Crippen molar-refractivity contribution in [1.29, 1.82) is 0 Å². The Morgan fingerprint density at radius 3 is 2.44 bits per heavy atom. The number of amides is 1. The summed E-state index contributed by atoms with van der Waals surface area (Å²) < 4.78 is 33.3. The number of rotatable bonds is 5. The van der Waals surface area contributed by atoms with Gasteiger partial charge in [-0.2, -0.15) is 4.31 Å². The van der Waals surface area contributed by atoms with Crippen LogP contribution in [0.25, 0.3) is 10.9 Å². The summed E-state index contributed by atoms with van der Waals surface area (Å²) >= 11 is 0. The number of hydrogen-bond donors (Lipinski definition) is 2. The van der Waals surface area contributed by atoms with Gasteiger partial charge in [-0.1, -0.05) is 12.8 Å². The third-order valence-corrected chi connectivity index (χ3v) is 8.09. The topological polar surface area (TPSA) is 91.5 Å². The number of benzene rings is 2. The number of aryl methyl sites for hydroxylation is 2. The SMILES string of the molecule is COc1ccc(S(=O)(=O)N2CCCCCC2)cc1NC(=O)c1ccc2[nH]c(C)c(C)c2c1. The van der Waals surface area contributed by atoms with E-state index in [1.807, 2.05) is 26.0 Å². The van der Waals surface area contributed by atoms with Crippen LogP contribution in [0.2, 0.25) is 0 Å². The number of nitrogens with zero attached hydrogens (tertiary/aromatic N) is 1. The van der Waals surface area contributed by atoms with Gasteiger partial charge in [0.25, 0.3) is 5.91 Å². The molecule has 2 N–H and O–H groups in total. The van der Waals surface area contributed by atoms with Crippen LogP contribution in [-0.4, -0.2) is 43.8 Å². The predicted molar refractivity (Wildman–Crippen MR) is 126 cm³/mol. The summed E-state index contributed by atoms with van der Waals surface area (Å²) in [6.07, 6.45) is 3.81. The largest absolute Gasteiger partial charge is 0.495 e. The lowest BCUT2D eigenvalue weighted by molar-refractivity contribution is 0.102. The molecule has 0 aliphatic carbocycles. The second kappa shape index (κ2) is 8.96. The Kier molecular flexibility index (Phi) is 6.26. The van der Waals surface area contributed by atoms with Crippen LogP contribution >= 0.6 is 0 Å². The van der Waals surface area contributed by atoms with Crippen molar-refractivity contribution in [3.8, 4) is 5.75 Å². The average molecular weight is 456 g/mol. The second-order valence-electron chi connectivity index (χ2n) is 8.27. The smallest absolute Gasteiger partial charge is 0.255 e. The number of carbonyl (C=O) groups is 1. The standard InChI is InChI=1S/C24H29N3O4S/c1-16-17(2)25-21-10-8-18(14-20(16)21)24(28)26-22-15-19(9-11-23(22)31-3)32(29,30)27-12-6-4-5-7-13-27/h8-11,14-15,25H,4-7,12-13H2,1-3H3,(H,26,28). The Morgan fingerprint density at radius 1 is 1.03 bits per heavy atom. The Bertz CT molecular complexity index is 1260. The molecule has 0 spiro atoms. The fraction of sp³-hybridized carbons (Fsp3) is 0.375. The van der Waals surface area contributed by atoms with E-state index < -0.39 is 10.0 Å². The molecule has 4 rings (SSSR count). The van der Waals surface area contributed by atoms with Crippen molar-refractivity contribution in [2.75, 3.05) is 25.5 Å². The molecule has 7 nitrogen and oxygen atoms in total. The minimum atomic E-state index is -3.64. The predicted octanol–water partition coefficient (Wildman–Crippen LogP) is 4.61. The first-order chi connectivity index (χ1) is 15.3. The molecule has 0 saturated carbocycles. The van der Waals surface area contributed by atoms with E-state index in [0.29, 0.717) is 30.1 Å². The molecule has 1 saturated heterocycles.